The van der Waals surface area contributed by atoms with Gasteiger partial charge in [-0.05, 0) is 30.9 Å². The first kappa shape index (κ1) is 17.8. The third-order valence-corrected chi connectivity index (χ3v) is 4.51. The van der Waals surface area contributed by atoms with Gasteiger partial charge in [-0.15, -0.1) is 0 Å². The zero-order valence-corrected chi connectivity index (χ0v) is 15.6. The van der Waals surface area contributed by atoms with Crippen LogP contribution in [-0.2, 0) is 11.3 Å². The van der Waals surface area contributed by atoms with E-state index in [1.807, 2.05) is 36.6 Å². The van der Waals surface area contributed by atoms with Crippen molar-refractivity contribution >= 4 is 17.6 Å². The molecule has 2 heterocycles. The maximum atomic E-state index is 5.90. The summed E-state index contributed by atoms with van der Waals surface area (Å²) in [7, 11) is 1.66. The smallest absolute Gasteiger partial charge is 0.219 e. The van der Waals surface area contributed by atoms with Crippen LogP contribution >= 0.6 is 11.8 Å². The van der Waals surface area contributed by atoms with Crippen LogP contribution in [0.2, 0.25) is 0 Å². The van der Waals surface area contributed by atoms with E-state index in [1.165, 1.54) is 11.8 Å². The lowest BCUT2D eigenvalue weighted by atomic mass is 10.2. The number of anilines is 1. The number of benzene rings is 1. The van der Waals surface area contributed by atoms with E-state index in [9.17, 15) is 0 Å². The number of hydrogen-bond acceptors (Lipinski definition) is 7. The molecule has 1 aliphatic rings. The third kappa shape index (κ3) is 4.76. The Morgan fingerprint density at radius 2 is 2.08 bits per heavy atom. The van der Waals surface area contributed by atoms with Crippen molar-refractivity contribution in [2.75, 3.05) is 38.0 Å². The minimum atomic E-state index is 0.199. The van der Waals surface area contributed by atoms with Crippen LogP contribution in [0.5, 0.6) is 11.6 Å². The summed E-state index contributed by atoms with van der Waals surface area (Å²) < 4.78 is 16.7. The van der Waals surface area contributed by atoms with Crippen LogP contribution in [-0.4, -0.2) is 49.1 Å². The van der Waals surface area contributed by atoms with Crippen molar-refractivity contribution in [3.05, 3.63) is 35.9 Å². The summed E-state index contributed by atoms with van der Waals surface area (Å²) in [5.41, 5.74) is 1.06. The Bertz CT molecular complexity index is 696. The number of hydrogen-bond donors (Lipinski definition) is 0. The summed E-state index contributed by atoms with van der Waals surface area (Å²) in [5, 5.41) is 0.710. The molecule has 1 aliphatic heterocycles. The van der Waals surface area contributed by atoms with Crippen molar-refractivity contribution in [2.45, 2.75) is 24.8 Å². The second kappa shape index (κ2) is 8.40. The standard InChI is InChI=1S/C18H23N3O3S/c1-13-11-21(8-9-23-13)16-10-17(20-18(19-16)25-3)24-12-14-4-6-15(22-2)7-5-14/h4-7,10,13H,8-9,11-12H2,1-3H3. The van der Waals surface area contributed by atoms with E-state index in [2.05, 4.69) is 21.8 Å². The number of thioether (sulfide) groups is 1. The van der Waals surface area contributed by atoms with Crippen LogP contribution < -0.4 is 14.4 Å². The second-order valence-corrected chi connectivity index (χ2v) is 6.59. The van der Waals surface area contributed by atoms with Crippen LogP contribution in [0.3, 0.4) is 0 Å². The number of methoxy groups -OCH3 is 1. The molecule has 0 amide bonds. The Hall–Kier alpha value is -1.99. The zero-order chi connectivity index (χ0) is 17.6. The first-order chi connectivity index (χ1) is 12.2. The molecule has 134 valence electrons. The van der Waals surface area contributed by atoms with Crippen molar-refractivity contribution in [1.29, 1.82) is 0 Å². The second-order valence-electron chi connectivity index (χ2n) is 5.82. The molecular formula is C18H23N3O3S. The summed E-state index contributed by atoms with van der Waals surface area (Å²) >= 11 is 1.51. The summed E-state index contributed by atoms with van der Waals surface area (Å²) in [6.45, 7) is 4.88. The van der Waals surface area contributed by atoms with Gasteiger partial charge in [0.15, 0.2) is 5.16 Å². The fourth-order valence-corrected chi connectivity index (χ4v) is 2.99. The van der Waals surface area contributed by atoms with Gasteiger partial charge in [-0.2, -0.15) is 4.98 Å². The highest BCUT2D eigenvalue weighted by Gasteiger charge is 2.19. The molecule has 1 aromatic heterocycles. The fraction of sp³-hybridized carbons (Fsp3) is 0.444. The van der Waals surface area contributed by atoms with Gasteiger partial charge in [0.05, 0.1) is 19.8 Å². The van der Waals surface area contributed by atoms with E-state index in [-0.39, 0.29) is 6.10 Å². The molecule has 6 nitrogen and oxygen atoms in total. The van der Waals surface area contributed by atoms with Gasteiger partial charge in [-0.3, -0.25) is 0 Å². The lowest BCUT2D eigenvalue weighted by Crippen LogP contribution is -2.41. The summed E-state index contributed by atoms with van der Waals surface area (Å²) in [4.78, 5) is 11.3. The van der Waals surface area contributed by atoms with Crippen molar-refractivity contribution < 1.29 is 14.2 Å². The third-order valence-electron chi connectivity index (χ3n) is 3.96. The number of aromatic nitrogens is 2. The van der Waals surface area contributed by atoms with Crippen LogP contribution in [0.4, 0.5) is 5.82 Å². The van der Waals surface area contributed by atoms with Gasteiger partial charge in [0.2, 0.25) is 5.88 Å². The van der Waals surface area contributed by atoms with Crippen LogP contribution in [0.15, 0.2) is 35.5 Å². The predicted molar refractivity (Wildman–Crippen MR) is 98.8 cm³/mol. The Labute approximate surface area is 152 Å². The van der Waals surface area contributed by atoms with Gasteiger partial charge >= 0.3 is 0 Å². The molecule has 25 heavy (non-hydrogen) atoms. The molecule has 1 aromatic carbocycles. The van der Waals surface area contributed by atoms with E-state index < -0.39 is 0 Å². The van der Waals surface area contributed by atoms with Gasteiger partial charge in [0, 0.05) is 19.2 Å². The molecule has 1 saturated heterocycles. The number of nitrogens with zero attached hydrogens (tertiary/aromatic N) is 3. The van der Waals surface area contributed by atoms with Gasteiger partial charge in [-0.1, -0.05) is 23.9 Å². The molecule has 1 fully saturated rings. The molecule has 1 atom stereocenters. The first-order valence-corrected chi connectivity index (χ1v) is 9.46. The lowest BCUT2D eigenvalue weighted by molar-refractivity contribution is 0.0528. The summed E-state index contributed by atoms with van der Waals surface area (Å²) in [5.74, 6) is 2.31. The van der Waals surface area contributed by atoms with Gasteiger partial charge in [-0.25, -0.2) is 4.98 Å². The largest absolute Gasteiger partial charge is 0.497 e. The predicted octanol–water partition coefficient (Wildman–Crippen LogP) is 3.01. The van der Waals surface area contributed by atoms with E-state index in [0.717, 1.165) is 30.2 Å². The quantitative estimate of drug-likeness (QED) is 0.579. The Kier molecular flexibility index (Phi) is 5.99. The molecule has 0 aliphatic carbocycles. The number of rotatable bonds is 6. The minimum absolute atomic E-state index is 0.199. The molecule has 0 radical (unpaired) electrons. The van der Waals surface area contributed by atoms with E-state index in [4.69, 9.17) is 14.2 Å². The summed E-state index contributed by atoms with van der Waals surface area (Å²) in [6, 6.07) is 9.72. The van der Waals surface area contributed by atoms with Gasteiger partial charge < -0.3 is 19.1 Å². The van der Waals surface area contributed by atoms with Crippen molar-refractivity contribution in [2.24, 2.45) is 0 Å². The Morgan fingerprint density at radius 1 is 1.28 bits per heavy atom. The maximum Gasteiger partial charge on any atom is 0.219 e. The fourth-order valence-electron chi connectivity index (χ4n) is 2.63. The lowest BCUT2D eigenvalue weighted by Gasteiger charge is -2.32. The molecule has 7 heteroatoms. The zero-order valence-electron chi connectivity index (χ0n) is 14.8. The van der Waals surface area contributed by atoms with Crippen LogP contribution in [0.25, 0.3) is 0 Å². The maximum absolute atomic E-state index is 5.90. The average Bonchev–Trinajstić information content (AvgIpc) is 2.66. The monoisotopic (exact) mass is 361 g/mol. The molecular weight excluding hydrogens is 338 g/mol. The Morgan fingerprint density at radius 3 is 2.76 bits per heavy atom. The van der Waals surface area contributed by atoms with E-state index >= 15 is 0 Å². The molecule has 1 unspecified atom stereocenters. The van der Waals surface area contributed by atoms with E-state index in [0.29, 0.717) is 24.3 Å². The SMILES string of the molecule is COc1ccc(COc2cc(N3CCOC(C)C3)nc(SC)n2)cc1. The van der Waals surface area contributed by atoms with Crippen LogP contribution in [0.1, 0.15) is 12.5 Å². The van der Waals surface area contributed by atoms with Gasteiger partial charge in [0.25, 0.3) is 0 Å². The minimum Gasteiger partial charge on any atom is -0.497 e. The van der Waals surface area contributed by atoms with Crippen molar-refractivity contribution in [3.63, 3.8) is 0 Å². The highest BCUT2D eigenvalue weighted by molar-refractivity contribution is 7.98. The average molecular weight is 361 g/mol. The van der Waals surface area contributed by atoms with Crippen molar-refractivity contribution in [1.82, 2.24) is 9.97 Å². The number of morpholine rings is 1. The highest BCUT2D eigenvalue weighted by Crippen LogP contribution is 2.24. The number of ether oxygens (including phenoxy) is 3. The molecule has 2 aromatic rings. The highest BCUT2D eigenvalue weighted by atomic mass is 32.2. The first-order valence-electron chi connectivity index (χ1n) is 8.23. The summed E-state index contributed by atoms with van der Waals surface area (Å²) in [6.07, 6.45) is 2.17. The van der Waals surface area contributed by atoms with Crippen LogP contribution in [0, 0.1) is 0 Å². The molecule has 3 rings (SSSR count). The van der Waals surface area contributed by atoms with E-state index in [1.54, 1.807) is 7.11 Å². The topological polar surface area (TPSA) is 56.7 Å². The molecule has 0 saturated carbocycles. The van der Waals surface area contributed by atoms with Crippen molar-refractivity contribution in [3.8, 4) is 11.6 Å². The van der Waals surface area contributed by atoms with Gasteiger partial charge in [0.1, 0.15) is 18.2 Å². The molecule has 0 N–H and O–H groups in total. The Balaban J connectivity index is 1.72. The molecule has 0 spiro atoms. The molecule has 0 bridgehead atoms. The normalized spacial score (nSPS) is 17.4.